The van der Waals surface area contributed by atoms with Gasteiger partial charge in [-0.25, -0.2) is 0 Å². The van der Waals surface area contributed by atoms with Crippen LogP contribution in [0.25, 0.3) is 0 Å². The fourth-order valence-corrected chi connectivity index (χ4v) is 2.18. The van der Waals surface area contributed by atoms with Gasteiger partial charge < -0.3 is 5.73 Å². The van der Waals surface area contributed by atoms with Gasteiger partial charge in [-0.3, -0.25) is 4.68 Å². The Hall–Kier alpha value is -0.560. The van der Waals surface area contributed by atoms with Crippen LogP contribution in [-0.4, -0.2) is 16.0 Å². The van der Waals surface area contributed by atoms with Crippen molar-refractivity contribution in [1.29, 1.82) is 0 Å². The van der Waals surface area contributed by atoms with E-state index in [1.165, 1.54) is 0 Å². The van der Waals surface area contributed by atoms with E-state index in [1.54, 1.807) is 10.9 Å². The molecule has 1 aromatic heterocycles. The van der Waals surface area contributed by atoms with Crippen LogP contribution in [0.3, 0.4) is 0 Å². The maximum absolute atomic E-state index is 12.1. The number of alkyl halides is 3. The van der Waals surface area contributed by atoms with E-state index >= 15 is 0 Å². The Morgan fingerprint density at radius 1 is 1.53 bits per heavy atom. The van der Waals surface area contributed by atoms with Gasteiger partial charge in [-0.05, 0) is 28.8 Å². The number of hydrogen-bond acceptors (Lipinski definition) is 2. The lowest BCUT2D eigenvalue weighted by molar-refractivity contribution is -0.136. The van der Waals surface area contributed by atoms with Gasteiger partial charge in [0.05, 0.1) is 16.4 Å². The highest BCUT2D eigenvalue weighted by atomic mass is 79.9. The minimum absolute atomic E-state index is 0.127. The Morgan fingerprint density at radius 2 is 2.18 bits per heavy atom. The first kappa shape index (κ1) is 14.5. The molecule has 0 aliphatic rings. The molecule has 1 unspecified atom stereocenters. The van der Waals surface area contributed by atoms with Crippen molar-refractivity contribution >= 4 is 15.9 Å². The first-order valence-electron chi connectivity index (χ1n) is 5.38. The average molecular weight is 314 g/mol. The predicted octanol–water partition coefficient (Wildman–Crippen LogP) is 3.40. The van der Waals surface area contributed by atoms with Gasteiger partial charge in [0.25, 0.3) is 0 Å². The van der Waals surface area contributed by atoms with Crippen LogP contribution in [0.4, 0.5) is 13.2 Å². The third-order valence-electron chi connectivity index (χ3n) is 2.36. The number of hydrogen-bond donors (Lipinski definition) is 1. The van der Waals surface area contributed by atoms with E-state index in [1.807, 2.05) is 6.92 Å². The summed E-state index contributed by atoms with van der Waals surface area (Å²) in [4.78, 5) is 0. The first-order chi connectivity index (χ1) is 7.85. The standard InChI is InChI=1S/C10H15BrF3N3/c1-2-5-17-9(7(11)6-16-17)8(15)3-4-10(12,13)14/h6,8H,2-5,15H2,1H3. The molecule has 1 atom stereocenters. The summed E-state index contributed by atoms with van der Waals surface area (Å²) in [7, 11) is 0. The summed E-state index contributed by atoms with van der Waals surface area (Å²) in [6, 6.07) is -0.653. The van der Waals surface area contributed by atoms with Crippen LogP contribution in [0.5, 0.6) is 0 Å². The second kappa shape index (κ2) is 5.86. The Bertz CT molecular complexity index is 362. The molecule has 7 heteroatoms. The van der Waals surface area contributed by atoms with Crippen molar-refractivity contribution in [1.82, 2.24) is 9.78 Å². The molecule has 98 valence electrons. The van der Waals surface area contributed by atoms with E-state index in [-0.39, 0.29) is 6.42 Å². The summed E-state index contributed by atoms with van der Waals surface area (Å²) in [5, 5.41) is 4.08. The van der Waals surface area contributed by atoms with E-state index in [0.29, 0.717) is 16.7 Å². The SMILES string of the molecule is CCCn1ncc(Br)c1C(N)CCC(F)(F)F. The molecule has 1 heterocycles. The summed E-state index contributed by atoms with van der Waals surface area (Å²) in [5.74, 6) is 0. The molecule has 0 amide bonds. The topological polar surface area (TPSA) is 43.8 Å². The average Bonchev–Trinajstić information content (AvgIpc) is 2.56. The lowest BCUT2D eigenvalue weighted by Crippen LogP contribution is -2.20. The van der Waals surface area contributed by atoms with Gasteiger partial charge in [-0.2, -0.15) is 18.3 Å². The summed E-state index contributed by atoms with van der Waals surface area (Å²) in [6.07, 6.45) is -2.75. The maximum Gasteiger partial charge on any atom is 0.389 e. The number of nitrogens with two attached hydrogens (primary N) is 1. The predicted molar refractivity (Wildman–Crippen MR) is 62.4 cm³/mol. The monoisotopic (exact) mass is 313 g/mol. The number of halogens is 4. The first-order valence-corrected chi connectivity index (χ1v) is 6.18. The van der Waals surface area contributed by atoms with Crippen molar-refractivity contribution in [3.8, 4) is 0 Å². The summed E-state index contributed by atoms with van der Waals surface area (Å²) < 4.78 is 38.7. The molecule has 0 radical (unpaired) electrons. The van der Waals surface area contributed by atoms with Crippen molar-refractivity contribution < 1.29 is 13.2 Å². The lowest BCUT2D eigenvalue weighted by atomic mass is 10.1. The molecule has 0 bridgehead atoms. The molecule has 0 aliphatic carbocycles. The van der Waals surface area contributed by atoms with Crippen molar-refractivity contribution in [2.45, 2.75) is 44.9 Å². The summed E-state index contributed by atoms with van der Waals surface area (Å²) in [6.45, 7) is 2.63. The smallest absolute Gasteiger partial charge is 0.323 e. The molecule has 0 saturated heterocycles. The van der Waals surface area contributed by atoms with Crippen LogP contribution in [0.2, 0.25) is 0 Å². The summed E-state index contributed by atoms with van der Waals surface area (Å²) >= 11 is 3.26. The van der Waals surface area contributed by atoms with Gasteiger partial charge >= 0.3 is 6.18 Å². The van der Waals surface area contributed by atoms with Gasteiger partial charge in [0.15, 0.2) is 0 Å². The zero-order valence-corrected chi connectivity index (χ0v) is 11.1. The van der Waals surface area contributed by atoms with Crippen LogP contribution in [-0.2, 0) is 6.54 Å². The van der Waals surface area contributed by atoms with E-state index in [0.717, 1.165) is 6.42 Å². The lowest BCUT2D eigenvalue weighted by Gasteiger charge is -2.15. The van der Waals surface area contributed by atoms with Gasteiger partial charge in [-0.1, -0.05) is 6.92 Å². The van der Waals surface area contributed by atoms with Crippen LogP contribution >= 0.6 is 15.9 Å². The number of aryl methyl sites for hydroxylation is 1. The van der Waals surface area contributed by atoms with E-state index in [4.69, 9.17) is 5.73 Å². The molecule has 1 aromatic rings. The van der Waals surface area contributed by atoms with Crippen molar-refractivity contribution in [3.63, 3.8) is 0 Å². The maximum atomic E-state index is 12.1. The second-order valence-electron chi connectivity index (χ2n) is 3.86. The molecule has 0 aromatic carbocycles. The van der Waals surface area contributed by atoms with Crippen molar-refractivity contribution in [2.75, 3.05) is 0 Å². The zero-order chi connectivity index (χ0) is 13.1. The Kier molecular flexibility index (Phi) is 5.00. The van der Waals surface area contributed by atoms with Crippen molar-refractivity contribution in [3.05, 3.63) is 16.4 Å². The minimum Gasteiger partial charge on any atom is -0.323 e. The normalized spacial score (nSPS) is 14.0. The Morgan fingerprint density at radius 3 is 2.71 bits per heavy atom. The quantitative estimate of drug-likeness (QED) is 0.905. The molecule has 0 fully saturated rings. The van der Waals surface area contributed by atoms with Crippen molar-refractivity contribution in [2.24, 2.45) is 5.73 Å². The molecular weight excluding hydrogens is 299 g/mol. The minimum atomic E-state index is -4.17. The number of rotatable bonds is 5. The third kappa shape index (κ3) is 4.31. The van der Waals surface area contributed by atoms with E-state index in [2.05, 4.69) is 21.0 Å². The van der Waals surface area contributed by atoms with Gasteiger partial charge in [0.1, 0.15) is 0 Å². The van der Waals surface area contributed by atoms with Crippen LogP contribution < -0.4 is 5.73 Å². The van der Waals surface area contributed by atoms with Crippen LogP contribution in [0, 0.1) is 0 Å². The highest BCUT2D eigenvalue weighted by Gasteiger charge is 2.29. The van der Waals surface area contributed by atoms with Gasteiger partial charge in [0.2, 0.25) is 0 Å². The highest BCUT2D eigenvalue weighted by Crippen LogP contribution is 2.29. The van der Waals surface area contributed by atoms with Gasteiger partial charge in [0, 0.05) is 19.0 Å². The van der Waals surface area contributed by atoms with E-state index < -0.39 is 18.6 Å². The Balaban J connectivity index is 2.73. The van der Waals surface area contributed by atoms with E-state index in [9.17, 15) is 13.2 Å². The molecule has 1 rings (SSSR count). The van der Waals surface area contributed by atoms with Gasteiger partial charge in [-0.15, -0.1) is 0 Å². The molecule has 0 spiro atoms. The van der Waals surface area contributed by atoms with Crippen LogP contribution in [0.15, 0.2) is 10.7 Å². The van der Waals surface area contributed by atoms with Crippen LogP contribution in [0.1, 0.15) is 37.9 Å². The number of aromatic nitrogens is 2. The molecule has 0 aliphatic heterocycles. The fraction of sp³-hybridized carbons (Fsp3) is 0.700. The molecule has 2 N–H and O–H groups in total. The number of nitrogens with zero attached hydrogens (tertiary/aromatic N) is 2. The molecule has 3 nitrogen and oxygen atoms in total. The second-order valence-corrected chi connectivity index (χ2v) is 4.72. The largest absolute Gasteiger partial charge is 0.389 e. The third-order valence-corrected chi connectivity index (χ3v) is 2.97. The fourth-order valence-electron chi connectivity index (χ4n) is 1.59. The summed E-state index contributed by atoms with van der Waals surface area (Å²) in [5.41, 5.74) is 6.42. The molecule has 17 heavy (non-hydrogen) atoms. The molecular formula is C10H15BrF3N3. The highest BCUT2D eigenvalue weighted by molar-refractivity contribution is 9.10. The zero-order valence-electron chi connectivity index (χ0n) is 9.47. The molecule has 0 saturated carbocycles. The Labute approximate surface area is 106 Å².